The van der Waals surface area contributed by atoms with Gasteiger partial charge < -0.3 is 5.11 Å². The summed E-state index contributed by atoms with van der Waals surface area (Å²) in [5.41, 5.74) is 1.43. The molecule has 0 bridgehead atoms. The van der Waals surface area contributed by atoms with E-state index in [-0.39, 0.29) is 17.4 Å². The van der Waals surface area contributed by atoms with Gasteiger partial charge in [-0.1, -0.05) is 61.5 Å². The van der Waals surface area contributed by atoms with E-state index in [1.807, 2.05) is 24.3 Å². The molecule has 1 aromatic heterocycles. The summed E-state index contributed by atoms with van der Waals surface area (Å²) in [6.07, 6.45) is -0.885. The number of thiophene rings is 1. The van der Waals surface area contributed by atoms with Gasteiger partial charge in [0, 0.05) is 40.7 Å². The molecule has 0 radical (unpaired) electrons. The highest BCUT2D eigenvalue weighted by Gasteiger charge is 2.43. The summed E-state index contributed by atoms with van der Waals surface area (Å²) < 4.78 is 43.6. The number of nitrogens with zero attached hydrogens (tertiary/aromatic N) is 1. The molecule has 0 saturated carbocycles. The number of alkyl halides is 3. The second-order valence-corrected chi connectivity index (χ2v) is 10.2. The Bertz CT molecular complexity index is 1290. The first-order valence-corrected chi connectivity index (χ1v) is 12.0. The van der Waals surface area contributed by atoms with E-state index in [2.05, 4.69) is 11.0 Å². The van der Waals surface area contributed by atoms with Crippen molar-refractivity contribution in [2.24, 2.45) is 11.8 Å². The minimum atomic E-state index is -4.41. The van der Waals surface area contributed by atoms with Crippen molar-refractivity contribution in [3.8, 4) is 0 Å². The van der Waals surface area contributed by atoms with Gasteiger partial charge in [-0.25, -0.2) is 0 Å². The standard InChI is InChI=1S/C27H24F3NO2S/c1-16-21(9-10-22(25(16)27(28,29)30)18-5-3-2-4-6-18)24-12-19-8-7-17(11-23(19)34-24)13-31-14-20(15-31)26(32)33/h2-12,16,20-21H,13-15H2,1H3,(H,32,33). The van der Waals surface area contributed by atoms with Crippen molar-refractivity contribution in [1.29, 1.82) is 0 Å². The van der Waals surface area contributed by atoms with Crippen LogP contribution in [0.1, 0.15) is 28.8 Å². The van der Waals surface area contributed by atoms with Gasteiger partial charge in [-0.15, -0.1) is 11.3 Å². The van der Waals surface area contributed by atoms with Crippen molar-refractivity contribution in [3.63, 3.8) is 0 Å². The lowest BCUT2D eigenvalue weighted by Gasteiger charge is -2.36. The number of carbonyl (C=O) groups is 1. The average molecular weight is 484 g/mol. The highest BCUT2D eigenvalue weighted by atomic mass is 32.1. The molecule has 1 aliphatic heterocycles. The molecule has 34 heavy (non-hydrogen) atoms. The number of allylic oxidation sites excluding steroid dienone is 4. The van der Waals surface area contributed by atoms with Gasteiger partial charge >= 0.3 is 12.1 Å². The molecule has 2 aromatic carbocycles. The van der Waals surface area contributed by atoms with Gasteiger partial charge in [0.1, 0.15) is 0 Å². The van der Waals surface area contributed by atoms with E-state index in [0.29, 0.717) is 25.2 Å². The molecular weight excluding hydrogens is 459 g/mol. The van der Waals surface area contributed by atoms with Crippen molar-refractivity contribution in [1.82, 2.24) is 4.90 Å². The molecule has 7 heteroatoms. The summed E-state index contributed by atoms with van der Waals surface area (Å²) in [6.45, 7) is 3.43. The van der Waals surface area contributed by atoms with Crippen LogP contribution in [0, 0.1) is 11.8 Å². The molecule has 5 rings (SSSR count). The molecule has 1 fully saturated rings. The van der Waals surface area contributed by atoms with E-state index in [1.165, 1.54) is 11.3 Å². The van der Waals surface area contributed by atoms with Crippen LogP contribution < -0.4 is 0 Å². The fourth-order valence-electron chi connectivity index (χ4n) is 4.97. The maximum atomic E-state index is 14.2. The SMILES string of the molecule is CC1C(C(F)(F)F)=C(c2ccccc2)C=CC1c1cc2ccc(CN3CC(C(=O)O)C3)cc2s1. The Morgan fingerprint density at radius 1 is 1.12 bits per heavy atom. The Balaban J connectivity index is 1.41. The van der Waals surface area contributed by atoms with Gasteiger partial charge in [-0.3, -0.25) is 9.69 Å². The predicted molar refractivity (Wildman–Crippen MR) is 129 cm³/mol. The van der Waals surface area contributed by atoms with Crippen molar-refractivity contribution in [2.75, 3.05) is 13.1 Å². The number of carboxylic acid groups (broad SMARTS) is 1. The number of benzene rings is 2. The minimum Gasteiger partial charge on any atom is -0.481 e. The van der Waals surface area contributed by atoms with E-state index < -0.39 is 23.6 Å². The molecular formula is C27H24F3NO2S. The Kier molecular flexibility index (Phi) is 5.86. The number of likely N-dealkylation sites (tertiary alicyclic amines) is 1. The summed E-state index contributed by atoms with van der Waals surface area (Å²) in [4.78, 5) is 14.0. The highest BCUT2D eigenvalue weighted by molar-refractivity contribution is 7.19. The zero-order valence-electron chi connectivity index (χ0n) is 18.5. The van der Waals surface area contributed by atoms with Gasteiger partial charge in [-0.05, 0) is 40.1 Å². The first-order chi connectivity index (χ1) is 16.2. The molecule has 1 N–H and O–H groups in total. The minimum absolute atomic E-state index is 0.245. The zero-order chi connectivity index (χ0) is 24.0. The van der Waals surface area contributed by atoms with E-state index in [0.717, 1.165) is 20.5 Å². The van der Waals surface area contributed by atoms with Crippen LogP contribution >= 0.6 is 11.3 Å². The summed E-state index contributed by atoms with van der Waals surface area (Å²) in [5, 5.41) is 10.1. The monoisotopic (exact) mass is 483 g/mol. The maximum absolute atomic E-state index is 14.2. The summed E-state index contributed by atoms with van der Waals surface area (Å²) >= 11 is 1.54. The number of halogens is 3. The molecule has 2 aliphatic rings. The molecule has 0 amide bonds. The Labute approximate surface area is 199 Å². The van der Waals surface area contributed by atoms with E-state index in [9.17, 15) is 18.0 Å². The largest absolute Gasteiger partial charge is 0.481 e. The molecule has 0 spiro atoms. The third kappa shape index (κ3) is 4.30. The first kappa shape index (κ1) is 22.9. The summed E-state index contributed by atoms with van der Waals surface area (Å²) in [5.74, 6) is -2.11. The normalized spacial score (nSPS) is 21.8. The first-order valence-electron chi connectivity index (χ1n) is 11.2. The summed E-state index contributed by atoms with van der Waals surface area (Å²) in [6, 6.07) is 16.8. The maximum Gasteiger partial charge on any atom is 0.413 e. The Hall–Kier alpha value is -2.90. The van der Waals surface area contributed by atoms with Crippen LogP contribution in [-0.4, -0.2) is 35.2 Å². The van der Waals surface area contributed by atoms with Gasteiger partial charge in [0.05, 0.1) is 5.92 Å². The molecule has 2 heterocycles. The Morgan fingerprint density at radius 3 is 2.53 bits per heavy atom. The molecule has 2 atom stereocenters. The van der Waals surface area contributed by atoms with Crippen LogP contribution in [0.4, 0.5) is 13.2 Å². The van der Waals surface area contributed by atoms with Crippen molar-refractivity contribution < 1.29 is 23.1 Å². The van der Waals surface area contributed by atoms with Crippen LogP contribution in [0.15, 0.2) is 72.3 Å². The topological polar surface area (TPSA) is 40.5 Å². The average Bonchev–Trinajstić information content (AvgIpc) is 3.18. The van der Waals surface area contributed by atoms with Crippen molar-refractivity contribution in [2.45, 2.75) is 25.6 Å². The van der Waals surface area contributed by atoms with E-state index in [4.69, 9.17) is 5.11 Å². The van der Waals surface area contributed by atoms with Crippen LogP contribution in [0.2, 0.25) is 0 Å². The lowest BCUT2D eigenvalue weighted by Crippen LogP contribution is -2.49. The second kappa shape index (κ2) is 8.71. The van der Waals surface area contributed by atoms with E-state index >= 15 is 0 Å². The van der Waals surface area contributed by atoms with Gasteiger partial charge in [0.15, 0.2) is 0 Å². The van der Waals surface area contributed by atoms with Gasteiger partial charge in [0.2, 0.25) is 0 Å². The van der Waals surface area contributed by atoms with Crippen LogP contribution in [0.25, 0.3) is 15.7 Å². The number of carboxylic acids is 1. The number of rotatable bonds is 5. The van der Waals surface area contributed by atoms with Crippen LogP contribution in [0.5, 0.6) is 0 Å². The lowest BCUT2D eigenvalue weighted by molar-refractivity contribution is -0.147. The molecule has 3 aromatic rings. The highest BCUT2D eigenvalue weighted by Crippen LogP contribution is 2.48. The number of hydrogen-bond donors (Lipinski definition) is 1. The lowest BCUT2D eigenvalue weighted by atomic mass is 9.77. The quantitative estimate of drug-likeness (QED) is 0.438. The zero-order valence-corrected chi connectivity index (χ0v) is 19.4. The smallest absolute Gasteiger partial charge is 0.413 e. The molecule has 3 nitrogen and oxygen atoms in total. The van der Waals surface area contributed by atoms with Crippen LogP contribution in [0.3, 0.4) is 0 Å². The summed E-state index contributed by atoms with van der Waals surface area (Å²) in [7, 11) is 0. The van der Waals surface area contributed by atoms with E-state index in [1.54, 1.807) is 43.3 Å². The number of fused-ring (bicyclic) bond motifs is 1. The number of aliphatic carboxylic acids is 1. The van der Waals surface area contributed by atoms with Crippen LogP contribution in [-0.2, 0) is 11.3 Å². The third-order valence-corrected chi connectivity index (χ3v) is 7.99. The molecule has 1 saturated heterocycles. The molecule has 2 unspecified atom stereocenters. The van der Waals surface area contributed by atoms with Crippen molar-refractivity contribution in [3.05, 3.63) is 88.3 Å². The fourth-order valence-corrected chi connectivity index (χ4v) is 6.29. The third-order valence-electron chi connectivity index (χ3n) is 6.79. The van der Waals surface area contributed by atoms with Gasteiger partial charge in [0.25, 0.3) is 0 Å². The second-order valence-electron chi connectivity index (χ2n) is 9.11. The van der Waals surface area contributed by atoms with Crippen molar-refractivity contribution >= 4 is 33.0 Å². The molecule has 176 valence electrons. The fraction of sp³-hybridized carbons (Fsp3) is 0.296. The number of hydrogen-bond acceptors (Lipinski definition) is 3. The predicted octanol–water partition coefficient (Wildman–Crippen LogP) is 6.72. The molecule has 1 aliphatic carbocycles. The van der Waals surface area contributed by atoms with Gasteiger partial charge in [-0.2, -0.15) is 13.2 Å². The Morgan fingerprint density at radius 2 is 1.85 bits per heavy atom.